The Bertz CT molecular complexity index is 895. The van der Waals surface area contributed by atoms with Gasteiger partial charge < -0.3 is 10.1 Å². The van der Waals surface area contributed by atoms with E-state index in [0.29, 0.717) is 18.0 Å². The Hall–Kier alpha value is -2.54. The minimum Gasteiger partial charge on any atom is -0.497 e. The molecule has 1 atom stereocenters. The Morgan fingerprint density at radius 2 is 1.86 bits per heavy atom. The number of methoxy groups -OCH3 is 1. The number of aryl methyl sites for hydroxylation is 2. The van der Waals surface area contributed by atoms with E-state index in [1.807, 2.05) is 19.1 Å². The van der Waals surface area contributed by atoms with E-state index in [0.717, 1.165) is 23.4 Å². The molecule has 0 heterocycles. The van der Waals surface area contributed by atoms with Gasteiger partial charge in [0.1, 0.15) is 11.8 Å². The molecule has 0 aliphatic heterocycles. The smallest absolute Gasteiger partial charge is 0.243 e. The van der Waals surface area contributed by atoms with Gasteiger partial charge in [0.25, 0.3) is 0 Å². The third kappa shape index (κ3) is 5.99. The van der Waals surface area contributed by atoms with E-state index in [-0.39, 0.29) is 5.91 Å². The zero-order valence-corrected chi connectivity index (χ0v) is 17.6. The lowest BCUT2D eigenvalue weighted by Gasteiger charge is -2.28. The Balaban J connectivity index is 1.99. The molecule has 1 amide bonds. The normalized spacial score (nSPS) is 12.3. The molecule has 2 rings (SSSR count). The fourth-order valence-electron chi connectivity index (χ4n) is 3.06. The van der Waals surface area contributed by atoms with Crippen LogP contribution in [0.25, 0.3) is 0 Å². The number of anilines is 1. The maximum atomic E-state index is 12.6. The highest BCUT2D eigenvalue weighted by Gasteiger charge is 2.28. The molecule has 28 heavy (non-hydrogen) atoms. The molecule has 0 fully saturated rings. The minimum atomic E-state index is -3.63. The Labute approximate surface area is 167 Å². The van der Waals surface area contributed by atoms with Crippen LogP contribution in [0.4, 0.5) is 5.69 Å². The predicted octanol–water partition coefficient (Wildman–Crippen LogP) is 2.91. The molecule has 0 radical (unpaired) electrons. The second-order valence-electron chi connectivity index (χ2n) is 6.82. The lowest BCUT2D eigenvalue weighted by molar-refractivity contribution is -0.121. The highest BCUT2D eigenvalue weighted by atomic mass is 32.2. The van der Waals surface area contributed by atoms with Gasteiger partial charge in [-0.1, -0.05) is 29.8 Å². The summed E-state index contributed by atoms with van der Waals surface area (Å²) in [6, 6.07) is 14.0. The second-order valence-corrected chi connectivity index (χ2v) is 8.68. The number of hydrogen-bond donors (Lipinski definition) is 1. The van der Waals surface area contributed by atoms with Gasteiger partial charge in [-0.25, -0.2) is 8.42 Å². The summed E-state index contributed by atoms with van der Waals surface area (Å²) in [7, 11) is -2.09. The van der Waals surface area contributed by atoms with E-state index in [9.17, 15) is 13.2 Å². The van der Waals surface area contributed by atoms with Crippen molar-refractivity contribution in [2.75, 3.05) is 24.2 Å². The molecule has 0 saturated heterocycles. The quantitative estimate of drug-likeness (QED) is 0.652. The average molecular weight is 405 g/mol. The summed E-state index contributed by atoms with van der Waals surface area (Å²) in [5.74, 6) is 0.288. The van der Waals surface area contributed by atoms with Gasteiger partial charge in [0.05, 0.1) is 19.1 Å². The monoisotopic (exact) mass is 404 g/mol. The van der Waals surface area contributed by atoms with Crippen LogP contribution in [0.1, 0.15) is 24.5 Å². The summed E-state index contributed by atoms with van der Waals surface area (Å²) in [5, 5.41) is 2.84. The van der Waals surface area contributed by atoms with Crippen LogP contribution < -0.4 is 14.4 Å². The Morgan fingerprint density at radius 3 is 2.43 bits per heavy atom. The van der Waals surface area contributed by atoms with E-state index in [2.05, 4.69) is 17.4 Å². The van der Waals surface area contributed by atoms with Crippen LogP contribution in [0.5, 0.6) is 5.75 Å². The van der Waals surface area contributed by atoms with Crippen LogP contribution in [-0.2, 0) is 21.2 Å². The number of rotatable bonds is 9. The van der Waals surface area contributed by atoms with E-state index < -0.39 is 16.1 Å². The Morgan fingerprint density at radius 1 is 1.18 bits per heavy atom. The molecule has 1 N–H and O–H groups in total. The molecule has 0 aromatic heterocycles. The molecule has 0 unspecified atom stereocenters. The number of ether oxygens (including phenoxy) is 1. The van der Waals surface area contributed by atoms with Crippen LogP contribution >= 0.6 is 0 Å². The number of benzene rings is 2. The zero-order chi connectivity index (χ0) is 20.7. The van der Waals surface area contributed by atoms with E-state index >= 15 is 0 Å². The fourth-order valence-corrected chi connectivity index (χ4v) is 4.23. The van der Waals surface area contributed by atoms with Gasteiger partial charge in [-0.2, -0.15) is 0 Å². The van der Waals surface area contributed by atoms with Crippen molar-refractivity contribution in [3.05, 3.63) is 59.7 Å². The molecular weight excluding hydrogens is 376 g/mol. The van der Waals surface area contributed by atoms with Gasteiger partial charge in [0.15, 0.2) is 0 Å². The molecule has 0 saturated carbocycles. The third-order valence-corrected chi connectivity index (χ3v) is 5.68. The molecule has 0 bridgehead atoms. The standard InChI is InChI=1S/C21H28N2O4S/c1-16-7-5-8-18(15-16)9-6-14-22-21(24)17(2)23(28(4,25)26)19-10-12-20(27-3)13-11-19/h5,7-8,10-13,15,17H,6,9,14H2,1-4H3,(H,22,24)/t17-/m0/s1. The molecule has 7 heteroatoms. The second kappa shape index (κ2) is 9.59. The van der Waals surface area contributed by atoms with E-state index in [4.69, 9.17) is 4.74 Å². The predicted molar refractivity (Wildman–Crippen MR) is 112 cm³/mol. The number of sulfonamides is 1. The van der Waals surface area contributed by atoms with Gasteiger partial charge in [-0.05, 0) is 56.5 Å². The molecule has 2 aromatic rings. The summed E-state index contributed by atoms with van der Waals surface area (Å²) < 4.78 is 30.8. The van der Waals surface area contributed by atoms with Crippen LogP contribution in [-0.4, -0.2) is 40.3 Å². The topological polar surface area (TPSA) is 75.7 Å². The van der Waals surface area contributed by atoms with Gasteiger partial charge >= 0.3 is 0 Å². The number of nitrogens with one attached hydrogen (secondary N) is 1. The molecule has 2 aromatic carbocycles. The molecule has 152 valence electrons. The lowest BCUT2D eigenvalue weighted by atomic mass is 10.1. The van der Waals surface area contributed by atoms with Gasteiger partial charge in [0, 0.05) is 6.54 Å². The maximum absolute atomic E-state index is 12.6. The first-order valence-electron chi connectivity index (χ1n) is 9.19. The van der Waals surface area contributed by atoms with Crippen molar-refractivity contribution in [1.82, 2.24) is 5.32 Å². The van der Waals surface area contributed by atoms with Crippen molar-refractivity contribution < 1.29 is 17.9 Å². The van der Waals surface area contributed by atoms with Crippen LogP contribution in [0.15, 0.2) is 48.5 Å². The first-order valence-corrected chi connectivity index (χ1v) is 11.0. The molecule has 6 nitrogen and oxygen atoms in total. The van der Waals surface area contributed by atoms with E-state index in [1.165, 1.54) is 18.2 Å². The summed E-state index contributed by atoms with van der Waals surface area (Å²) in [4.78, 5) is 12.6. The van der Waals surface area contributed by atoms with Crippen LogP contribution in [0, 0.1) is 6.92 Å². The average Bonchev–Trinajstić information content (AvgIpc) is 2.64. The molecule has 0 aliphatic rings. The number of carbonyl (C=O) groups is 1. The number of carbonyl (C=O) groups excluding carboxylic acids is 1. The molecule has 0 spiro atoms. The summed E-state index contributed by atoms with van der Waals surface area (Å²) >= 11 is 0. The Kier molecular flexibility index (Phi) is 7.45. The van der Waals surface area contributed by atoms with Gasteiger partial charge in [-0.15, -0.1) is 0 Å². The maximum Gasteiger partial charge on any atom is 0.243 e. The third-order valence-electron chi connectivity index (χ3n) is 4.44. The molecular formula is C21H28N2O4S. The van der Waals surface area contributed by atoms with Crippen LogP contribution in [0.3, 0.4) is 0 Å². The zero-order valence-electron chi connectivity index (χ0n) is 16.8. The van der Waals surface area contributed by atoms with Crippen LogP contribution in [0.2, 0.25) is 0 Å². The first kappa shape index (κ1) is 21.8. The van der Waals surface area contributed by atoms with Crippen molar-refractivity contribution in [3.63, 3.8) is 0 Å². The van der Waals surface area contributed by atoms with Crippen molar-refractivity contribution in [1.29, 1.82) is 0 Å². The highest BCUT2D eigenvalue weighted by molar-refractivity contribution is 7.92. The SMILES string of the molecule is COc1ccc(N([C@@H](C)C(=O)NCCCc2cccc(C)c2)S(C)(=O)=O)cc1. The lowest BCUT2D eigenvalue weighted by Crippen LogP contribution is -2.48. The summed E-state index contributed by atoms with van der Waals surface area (Å²) in [6.45, 7) is 4.12. The fraction of sp³-hybridized carbons (Fsp3) is 0.381. The summed E-state index contributed by atoms with van der Waals surface area (Å²) in [5.41, 5.74) is 2.85. The van der Waals surface area contributed by atoms with Gasteiger partial charge in [-0.3, -0.25) is 9.10 Å². The number of amides is 1. The largest absolute Gasteiger partial charge is 0.497 e. The van der Waals surface area contributed by atoms with E-state index in [1.54, 1.807) is 31.2 Å². The van der Waals surface area contributed by atoms with Gasteiger partial charge in [0.2, 0.25) is 15.9 Å². The summed E-state index contributed by atoms with van der Waals surface area (Å²) in [6.07, 6.45) is 2.73. The van der Waals surface area contributed by atoms with Crippen molar-refractivity contribution >= 4 is 21.6 Å². The number of nitrogens with zero attached hydrogens (tertiary/aromatic N) is 1. The minimum absolute atomic E-state index is 0.328. The molecule has 0 aliphatic carbocycles. The van der Waals surface area contributed by atoms with Crippen molar-refractivity contribution in [3.8, 4) is 5.75 Å². The number of hydrogen-bond acceptors (Lipinski definition) is 4. The first-order chi connectivity index (χ1) is 13.2. The highest BCUT2D eigenvalue weighted by Crippen LogP contribution is 2.23. The van der Waals surface area contributed by atoms with Crippen molar-refractivity contribution in [2.24, 2.45) is 0 Å². The van der Waals surface area contributed by atoms with Crippen molar-refractivity contribution in [2.45, 2.75) is 32.7 Å².